The van der Waals surface area contributed by atoms with Gasteiger partial charge in [-0.3, -0.25) is 10.1 Å². The highest BCUT2D eigenvalue weighted by molar-refractivity contribution is 5.31. The number of aromatic nitrogens is 4. The topological polar surface area (TPSA) is 83.9 Å². The third kappa shape index (κ3) is 1.79. The number of nitrogens with one attached hydrogen (secondary N) is 1. The van der Waals surface area contributed by atoms with Crippen LogP contribution in [0.5, 0.6) is 5.75 Å². The molecule has 2 rings (SSSR count). The number of nitrogens with zero attached hydrogens (tertiary/aromatic N) is 3. The van der Waals surface area contributed by atoms with Crippen LogP contribution in [0.4, 0.5) is 0 Å². The van der Waals surface area contributed by atoms with Crippen molar-refractivity contribution in [2.24, 2.45) is 0 Å². The average molecular weight is 206 g/mol. The normalized spacial score (nSPS) is 12.4. The van der Waals surface area contributed by atoms with Gasteiger partial charge in [-0.05, 0) is 12.1 Å². The fourth-order valence-corrected chi connectivity index (χ4v) is 1.26. The Morgan fingerprint density at radius 1 is 1.47 bits per heavy atom. The van der Waals surface area contributed by atoms with Gasteiger partial charge in [0.25, 0.3) is 0 Å². The Labute approximate surface area is 86.0 Å². The van der Waals surface area contributed by atoms with Crippen molar-refractivity contribution >= 4 is 0 Å². The Bertz CT molecular complexity index is 429. The van der Waals surface area contributed by atoms with Crippen LogP contribution in [0.25, 0.3) is 0 Å². The van der Waals surface area contributed by atoms with Gasteiger partial charge in [0, 0.05) is 6.20 Å². The molecule has 0 aromatic carbocycles. The van der Waals surface area contributed by atoms with E-state index in [-0.39, 0.29) is 0 Å². The SMILES string of the molecule is COc1cccnc1C(O)c1ncn[nH]1. The van der Waals surface area contributed by atoms with Crippen LogP contribution in [0.15, 0.2) is 24.7 Å². The molecule has 0 aliphatic heterocycles. The van der Waals surface area contributed by atoms with E-state index in [1.807, 2.05) is 0 Å². The summed E-state index contributed by atoms with van der Waals surface area (Å²) < 4.78 is 5.08. The van der Waals surface area contributed by atoms with Gasteiger partial charge in [-0.2, -0.15) is 5.10 Å². The molecule has 15 heavy (non-hydrogen) atoms. The largest absolute Gasteiger partial charge is 0.495 e. The lowest BCUT2D eigenvalue weighted by Crippen LogP contribution is -2.06. The summed E-state index contributed by atoms with van der Waals surface area (Å²) >= 11 is 0. The number of hydrogen-bond donors (Lipinski definition) is 2. The molecule has 1 unspecified atom stereocenters. The molecule has 0 radical (unpaired) electrons. The number of H-pyrrole nitrogens is 1. The lowest BCUT2D eigenvalue weighted by atomic mass is 10.2. The van der Waals surface area contributed by atoms with Crippen LogP contribution < -0.4 is 4.74 Å². The number of rotatable bonds is 3. The zero-order chi connectivity index (χ0) is 10.7. The van der Waals surface area contributed by atoms with Crippen LogP contribution in [-0.4, -0.2) is 32.4 Å². The van der Waals surface area contributed by atoms with Gasteiger partial charge in [-0.25, -0.2) is 4.98 Å². The van der Waals surface area contributed by atoms with Crippen LogP contribution in [-0.2, 0) is 0 Å². The minimum atomic E-state index is -0.955. The van der Waals surface area contributed by atoms with Crippen molar-refractivity contribution in [2.45, 2.75) is 6.10 Å². The van der Waals surface area contributed by atoms with E-state index >= 15 is 0 Å². The maximum Gasteiger partial charge on any atom is 0.159 e. The Hall–Kier alpha value is -1.95. The van der Waals surface area contributed by atoms with Gasteiger partial charge in [0.05, 0.1) is 7.11 Å². The summed E-state index contributed by atoms with van der Waals surface area (Å²) in [4.78, 5) is 7.90. The molecule has 2 N–H and O–H groups in total. The summed E-state index contributed by atoms with van der Waals surface area (Å²) in [6.07, 6.45) is 1.95. The molecule has 0 aliphatic rings. The summed E-state index contributed by atoms with van der Waals surface area (Å²) in [6.45, 7) is 0. The van der Waals surface area contributed by atoms with Crippen molar-refractivity contribution in [3.05, 3.63) is 36.2 Å². The summed E-state index contributed by atoms with van der Waals surface area (Å²) in [7, 11) is 1.52. The van der Waals surface area contributed by atoms with Crippen molar-refractivity contribution < 1.29 is 9.84 Å². The highest BCUT2D eigenvalue weighted by Crippen LogP contribution is 2.24. The maximum absolute atomic E-state index is 9.92. The first-order valence-corrected chi connectivity index (χ1v) is 4.35. The molecule has 0 spiro atoms. The molecule has 6 heteroatoms. The quantitative estimate of drug-likeness (QED) is 0.754. The molecule has 0 bridgehead atoms. The van der Waals surface area contributed by atoms with Gasteiger partial charge in [-0.1, -0.05) is 0 Å². The summed E-state index contributed by atoms with van der Waals surface area (Å²) in [5, 5.41) is 16.2. The van der Waals surface area contributed by atoms with Crippen LogP contribution in [0.1, 0.15) is 17.6 Å². The van der Waals surface area contributed by atoms with Gasteiger partial charge in [0.1, 0.15) is 17.8 Å². The van der Waals surface area contributed by atoms with E-state index in [4.69, 9.17) is 4.74 Å². The molecule has 0 fully saturated rings. The van der Waals surface area contributed by atoms with E-state index < -0.39 is 6.10 Å². The number of hydrogen-bond acceptors (Lipinski definition) is 5. The van der Waals surface area contributed by atoms with Crippen LogP contribution in [0.3, 0.4) is 0 Å². The molecule has 0 saturated carbocycles. The predicted molar refractivity (Wildman–Crippen MR) is 51.2 cm³/mol. The fraction of sp³-hybridized carbons (Fsp3) is 0.222. The molecule has 0 saturated heterocycles. The summed E-state index contributed by atoms with van der Waals surface area (Å²) in [5.41, 5.74) is 0.414. The van der Waals surface area contributed by atoms with E-state index in [1.165, 1.54) is 13.4 Å². The smallest absolute Gasteiger partial charge is 0.159 e. The van der Waals surface area contributed by atoms with Crippen molar-refractivity contribution in [3.8, 4) is 5.75 Å². The van der Waals surface area contributed by atoms with E-state index in [0.29, 0.717) is 17.3 Å². The van der Waals surface area contributed by atoms with Crippen molar-refractivity contribution in [1.82, 2.24) is 20.2 Å². The van der Waals surface area contributed by atoms with Gasteiger partial charge in [-0.15, -0.1) is 0 Å². The van der Waals surface area contributed by atoms with Gasteiger partial charge >= 0.3 is 0 Å². The van der Waals surface area contributed by atoms with Crippen molar-refractivity contribution in [3.63, 3.8) is 0 Å². The third-order valence-corrected chi connectivity index (χ3v) is 1.97. The number of aromatic amines is 1. The fourth-order valence-electron chi connectivity index (χ4n) is 1.26. The van der Waals surface area contributed by atoms with Gasteiger partial charge in [0.2, 0.25) is 0 Å². The van der Waals surface area contributed by atoms with Crippen LogP contribution in [0.2, 0.25) is 0 Å². The van der Waals surface area contributed by atoms with E-state index in [2.05, 4.69) is 20.2 Å². The number of aliphatic hydroxyl groups excluding tert-OH is 1. The minimum absolute atomic E-state index is 0.340. The van der Waals surface area contributed by atoms with Gasteiger partial charge < -0.3 is 9.84 Å². The van der Waals surface area contributed by atoms with E-state index in [0.717, 1.165) is 0 Å². The molecule has 0 aliphatic carbocycles. The molecule has 2 aromatic rings. The molecule has 1 atom stereocenters. The molecule has 0 amide bonds. The molecule has 6 nitrogen and oxygen atoms in total. The monoisotopic (exact) mass is 206 g/mol. The van der Waals surface area contributed by atoms with Gasteiger partial charge in [0.15, 0.2) is 11.9 Å². The Kier molecular flexibility index (Phi) is 2.59. The number of pyridine rings is 1. The zero-order valence-corrected chi connectivity index (χ0v) is 8.08. The summed E-state index contributed by atoms with van der Waals surface area (Å²) in [5.74, 6) is 0.855. The Balaban J connectivity index is 2.37. The highest BCUT2D eigenvalue weighted by atomic mass is 16.5. The minimum Gasteiger partial charge on any atom is -0.495 e. The zero-order valence-electron chi connectivity index (χ0n) is 8.08. The highest BCUT2D eigenvalue weighted by Gasteiger charge is 2.18. The first kappa shape index (κ1) is 9.60. The lowest BCUT2D eigenvalue weighted by molar-refractivity contribution is 0.200. The Morgan fingerprint density at radius 3 is 3.00 bits per heavy atom. The average Bonchev–Trinajstić information content (AvgIpc) is 2.81. The standard InChI is InChI=1S/C9H10N4O2/c1-15-6-3-2-4-10-7(6)8(14)9-11-5-12-13-9/h2-5,8,14H,1H3,(H,11,12,13). The summed E-state index contributed by atoms with van der Waals surface area (Å²) in [6, 6.07) is 3.46. The van der Waals surface area contributed by atoms with E-state index in [1.54, 1.807) is 18.3 Å². The first-order chi connectivity index (χ1) is 7.33. The molecule has 78 valence electrons. The maximum atomic E-state index is 9.92. The molecule has 2 aromatic heterocycles. The molecule has 2 heterocycles. The lowest BCUT2D eigenvalue weighted by Gasteiger charge is -2.10. The Morgan fingerprint density at radius 2 is 2.33 bits per heavy atom. The first-order valence-electron chi connectivity index (χ1n) is 4.35. The number of ether oxygens (including phenoxy) is 1. The van der Waals surface area contributed by atoms with Crippen LogP contribution in [0, 0.1) is 0 Å². The molecular weight excluding hydrogens is 196 g/mol. The predicted octanol–water partition coefficient (Wildman–Crippen LogP) is 0.290. The van der Waals surface area contributed by atoms with Crippen LogP contribution >= 0.6 is 0 Å². The molecular formula is C9H10N4O2. The van der Waals surface area contributed by atoms with Crippen molar-refractivity contribution in [1.29, 1.82) is 0 Å². The number of aliphatic hydroxyl groups is 1. The van der Waals surface area contributed by atoms with Crippen molar-refractivity contribution in [2.75, 3.05) is 7.11 Å². The second-order valence-corrected chi connectivity index (χ2v) is 2.86. The second-order valence-electron chi connectivity index (χ2n) is 2.86. The van der Waals surface area contributed by atoms with E-state index in [9.17, 15) is 5.11 Å². The number of methoxy groups -OCH3 is 1. The third-order valence-electron chi connectivity index (χ3n) is 1.97. The second kappa shape index (κ2) is 4.05.